The molecule has 6 nitrogen and oxygen atoms in total. The van der Waals surface area contributed by atoms with Crippen molar-refractivity contribution in [3.8, 4) is 0 Å². The van der Waals surface area contributed by atoms with Gasteiger partial charge in [-0.15, -0.1) is 0 Å². The van der Waals surface area contributed by atoms with E-state index in [9.17, 15) is 10.2 Å². The first-order chi connectivity index (χ1) is 9.70. The average molecular weight is 282 g/mol. The van der Waals surface area contributed by atoms with Crippen LogP contribution in [0.25, 0.3) is 0 Å². The number of fused-ring (bicyclic) bond motifs is 1. The molecule has 2 aliphatic heterocycles. The fourth-order valence-corrected chi connectivity index (χ4v) is 2.62. The van der Waals surface area contributed by atoms with Crippen LogP contribution in [0.2, 0.25) is 0 Å². The third-order valence-corrected chi connectivity index (χ3v) is 3.73. The number of aliphatic hydroxyl groups is 3. The number of aliphatic hydroxyl groups excluding tert-OH is 3. The van der Waals surface area contributed by atoms with Crippen molar-refractivity contribution in [3.05, 3.63) is 35.9 Å². The van der Waals surface area contributed by atoms with Crippen molar-refractivity contribution in [1.82, 2.24) is 0 Å². The van der Waals surface area contributed by atoms with Gasteiger partial charge in [0.25, 0.3) is 0 Å². The van der Waals surface area contributed by atoms with Gasteiger partial charge in [-0.05, 0) is 0 Å². The number of hydrogen-bond donors (Lipinski definition) is 3. The third-order valence-electron chi connectivity index (χ3n) is 3.73. The van der Waals surface area contributed by atoms with Crippen LogP contribution in [-0.4, -0.2) is 59.1 Å². The Hall–Kier alpha value is -1.02. The molecule has 0 amide bonds. The van der Waals surface area contributed by atoms with E-state index in [1.165, 1.54) is 0 Å². The van der Waals surface area contributed by atoms with E-state index < -0.39 is 36.8 Å². The van der Waals surface area contributed by atoms with Crippen LogP contribution >= 0.6 is 0 Å². The Bertz CT molecular complexity index is 437. The van der Waals surface area contributed by atoms with Crippen molar-refractivity contribution in [2.75, 3.05) is 13.2 Å². The standard InChI is InChI=1S/C14H18O6/c15-6-9-11(16)12(17)13-10(19-9)7-18-14(20-13)8-4-2-1-3-5-8/h1-5,9-17H,6-7H2/t9-,10+,11+,12+,13+,14?/m1/s1. The molecule has 1 aromatic rings. The van der Waals surface area contributed by atoms with Crippen LogP contribution in [0.1, 0.15) is 11.9 Å². The summed E-state index contributed by atoms with van der Waals surface area (Å²) >= 11 is 0. The minimum atomic E-state index is -1.17. The Morgan fingerprint density at radius 2 is 1.80 bits per heavy atom. The van der Waals surface area contributed by atoms with E-state index in [4.69, 9.17) is 19.3 Å². The van der Waals surface area contributed by atoms with Crippen LogP contribution in [0.4, 0.5) is 0 Å². The van der Waals surface area contributed by atoms with Gasteiger partial charge in [0.05, 0.1) is 13.2 Å². The van der Waals surface area contributed by atoms with Crippen LogP contribution in [0, 0.1) is 0 Å². The molecule has 0 aliphatic carbocycles. The van der Waals surface area contributed by atoms with Crippen molar-refractivity contribution in [2.24, 2.45) is 0 Å². The second kappa shape index (κ2) is 5.77. The highest BCUT2D eigenvalue weighted by molar-refractivity contribution is 5.16. The van der Waals surface area contributed by atoms with E-state index in [-0.39, 0.29) is 13.2 Å². The van der Waals surface area contributed by atoms with Crippen LogP contribution in [0.5, 0.6) is 0 Å². The molecular weight excluding hydrogens is 264 g/mol. The minimum Gasteiger partial charge on any atom is -0.394 e. The van der Waals surface area contributed by atoms with E-state index >= 15 is 0 Å². The zero-order valence-electron chi connectivity index (χ0n) is 10.8. The van der Waals surface area contributed by atoms with Gasteiger partial charge in [0.1, 0.15) is 30.5 Å². The highest BCUT2D eigenvalue weighted by Crippen LogP contribution is 2.33. The Morgan fingerprint density at radius 1 is 1.05 bits per heavy atom. The molecule has 3 N–H and O–H groups in total. The highest BCUT2D eigenvalue weighted by Gasteiger charge is 2.48. The monoisotopic (exact) mass is 282 g/mol. The largest absolute Gasteiger partial charge is 0.394 e. The van der Waals surface area contributed by atoms with E-state index in [0.29, 0.717) is 0 Å². The van der Waals surface area contributed by atoms with Gasteiger partial charge >= 0.3 is 0 Å². The molecule has 20 heavy (non-hydrogen) atoms. The van der Waals surface area contributed by atoms with Crippen LogP contribution in [-0.2, 0) is 14.2 Å². The summed E-state index contributed by atoms with van der Waals surface area (Å²) in [4.78, 5) is 0. The average Bonchev–Trinajstić information content (AvgIpc) is 2.51. The fourth-order valence-electron chi connectivity index (χ4n) is 2.62. The zero-order chi connectivity index (χ0) is 14.1. The smallest absolute Gasteiger partial charge is 0.184 e. The molecule has 0 radical (unpaired) electrons. The quantitative estimate of drug-likeness (QED) is 0.683. The molecule has 0 bridgehead atoms. The molecule has 0 aromatic heterocycles. The number of ether oxygens (including phenoxy) is 3. The Labute approximate surface area is 116 Å². The summed E-state index contributed by atoms with van der Waals surface area (Å²) in [5.74, 6) is 0. The molecule has 1 unspecified atom stereocenters. The van der Waals surface area contributed by atoms with E-state index in [2.05, 4.69) is 0 Å². The highest BCUT2D eigenvalue weighted by atomic mass is 16.7. The summed E-state index contributed by atoms with van der Waals surface area (Å²) < 4.78 is 16.8. The van der Waals surface area contributed by atoms with E-state index in [0.717, 1.165) is 5.56 Å². The van der Waals surface area contributed by atoms with E-state index in [1.807, 2.05) is 30.3 Å². The predicted molar refractivity (Wildman–Crippen MR) is 67.8 cm³/mol. The van der Waals surface area contributed by atoms with Crippen LogP contribution in [0.15, 0.2) is 30.3 Å². The van der Waals surface area contributed by atoms with Gasteiger partial charge in [0.2, 0.25) is 0 Å². The lowest BCUT2D eigenvalue weighted by Gasteiger charge is -2.46. The van der Waals surface area contributed by atoms with Crippen molar-refractivity contribution in [1.29, 1.82) is 0 Å². The molecule has 3 rings (SSSR count). The van der Waals surface area contributed by atoms with Crippen molar-refractivity contribution < 1.29 is 29.5 Å². The summed E-state index contributed by atoms with van der Waals surface area (Å²) in [5, 5.41) is 29.1. The third kappa shape index (κ3) is 2.46. The first kappa shape index (κ1) is 13.9. The second-order valence-electron chi connectivity index (χ2n) is 5.05. The molecule has 0 saturated carbocycles. The van der Waals surface area contributed by atoms with Gasteiger partial charge in [-0.1, -0.05) is 30.3 Å². The molecular formula is C14H18O6. The van der Waals surface area contributed by atoms with E-state index in [1.54, 1.807) is 0 Å². The van der Waals surface area contributed by atoms with Crippen LogP contribution < -0.4 is 0 Å². The SMILES string of the molecule is OC[C@H]1O[C@H]2COC(c3ccccc3)O[C@@H]2[C@@H](O)[C@H]1O. The number of benzene rings is 1. The fraction of sp³-hybridized carbons (Fsp3) is 0.571. The van der Waals surface area contributed by atoms with Crippen molar-refractivity contribution in [3.63, 3.8) is 0 Å². The zero-order valence-corrected chi connectivity index (χ0v) is 10.8. The lowest BCUT2D eigenvalue weighted by molar-refractivity contribution is -0.330. The lowest BCUT2D eigenvalue weighted by Crippen LogP contribution is -2.62. The summed E-state index contributed by atoms with van der Waals surface area (Å²) in [5.41, 5.74) is 0.844. The Morgan fingerprint density at radius 3 is 2.50 bits per heavy atom. The maximum absolute atomic E-state index is 10.1. The molecule has 1 aromatic carbocycles. The molecule has 6 heteroatoms. The molecule has 110 valence electrons. The summed E-state index contributed by atoms with van der Waals surface area (Å²) in [7, 11) is 0. The summed E-state index contributed by atoms with van der Waals surface area (Å²) in [6.07, 6.45) is -4.85. The molecule has 2 saturated heterocycles. The predicted octanol–water partition coefficient (Wildman–Crippen LogP) is -0.418. The Kier molecular flexibility index (Phi) is 4.02. The number of rotatable bonds is 2. The van der Waals surface area contributed by atoms with Gasteiger partial charge in [-0.2, -0.15) is 0 Å². The second-order valence-corrected chi connectivity index (χ2v) is 5.05. The molecule has 2 fully saturated rings. The van der Waals surface area contributed by atoms with Crippen molar-refractivity contribution in [2.45, 2.75) is 36.8 Å². The number of hydrogen-bond acceptors (Lipinski definition) is 6. The minimum absolute atomic E-state index is 0.241. The van der Waals surface area contributed by atoms with Crippen molar-refractivity contribution >= 4 is 0 Å². The Balaban J connectivity index is 1.74. The summed E-state index contributed by atoms with van der Waals surface area (Å²) in [6, 6.07) is 9.38. The maximum Gasteiger partial charge on any atom is 0.184 e. The maximum atomic E-state index is 10.1. The molecule has 2 heterocycles. The first-order valence-corrected chi connectivity index (χ1v) is 6.65. The summed E-state index contributed by atoms with van der Waals surface area (Å²) in [6.45, 7) is -0.117. The lowest BCUT2D eigenvalue weighted by atomic mass is 9.94. The van der Waals surface area contributed by atoms with Gasteiger partial charge < -0.3 is 29.5 Å². The topological polar surface area (TPSA) is 88.4 Å². The normalized spacial score (nSPS) is 41.1. The van der Waals surface area contributed by atoms with Gasteiger partial charge in [0, 0.05) is 5.56 Å². The molecule has 0 spiro atoms. The molecule has 6 atom stereocenters. The van der Waals surface area contributed by atoms with Gasteiger partial charge in [-0.3, -0.25) is 0 Å². The first-order valence-electron chi connectivity index (χ1n) is 6.65. The molecule has 2 aliphatic rings. The van der Waals surface area contributed by atoms with Gasteiger partial charge in [0.15, 0.2) is 6.29 Å². The van der Waals surface area contributed by atoms with Gasteiger partial charge in [-0.25, -0.2) is 0 Å². The van der Waals surface area contributed by atoms with Crippen LogP contribution in [0.3, 0.4) is 0 Å².